The first-order valence-electron chi connectivity index (χ1n) is 8.14. The minimum atomic E-state index is -3.92. The molecule has 0 aliphatic carbocycles. The van der Waals surface area contributed by atoms with Gasteiger partial charge in [0.15, 0.2) is 0 Å². The van der Waals surface area contributed by atoms with Crippen LogP contribution < -0.4 is 10.0 Å². The summed E-state index contributed by atoms with van der Waals surface area (Å²) in [6.07, 6.45) is 1.41. The van der Waals surface area contributed by atoms with Crippen LogP contribution in [0.2, 0.25) is 0 Å². The largest absolute Gasteiger partial charge is 0.468 e. The third-order valence-electron chi connectivity index (χ3n) is 3.82. The lowest BCUT2D eigenvalue weighted by Crippen LogP contribution is -2.23. The van der Waals surface area contributed by atoms with Crippen LogP contribution in [0.5, 0.6) is 0 Å². The number of furan rings is 1. The van der Waals surface area contributed by atoms with Gasteiger partial charge in [0.1, 0.15) is 5.76 Å². The third kappa shape index (κ3) is 4.83. The first-order chi connectivity index (χ1) is 13.8. The van der Waals surface area contributed by atoms with Crippen molar-refractivity contribution in [1.82, 2.24) is 4.72 Å². The number of nitro benzene ring substituents is 1. The molecule has 0 saturated carbocycles. The zero-order valence-corrected chi connectivity index (χ0v) is 15.5. The molecule has 3 aromatic rings. The molecule has 150 valence electrons. The number of benzene rings is 2. The number of nitrogens with zero attached hydrogens (tertiary/aromatic N) is 1. The molecule has 0 aliphatic rings. The summed E-state index contributed by atoms with van der Waals surface area (Å²) in [6.45, 7) is -0.0645. The van der Waals surface area contributed by atoms with Gasteiger partial charge in [-0.25, -0.2) is 13.1 Å². The van der Waals surface area contributed by atoms with Gasteiger partial charge in [-0.3, -0.25) is 14.9 Å². The molecule has 2 aromatic carbocycles. The van der Waals surface area contributed by atoms with Crippen molar-refractivity contribution in [2.45, 2.75) is 11.4 Å². The summed E-state index contributed by atoms with van der Waals surface area (Å²) in [5.74, 6) is -1.34. The normalized spacial score (nSPS) is 11.2. The van der Waals surface area contributed by atoms with Gasteiger partial charge in [-0.2, -0.15) is 4.39 Å². The number of amides is 1. The lowest BCUT2D eigenvalue weighted by atomic mass is 10.2. The van der Waals surface area contributed by atoms with Crippen LogP contribution in [-0.2, 0) is 16.6 Å². The molecule has 2 N–H and O–H groups in total. The molecule has 0 bridgehead atoms. The van der Waals surface area contributed by atoms with Gasteiger partial charge in [0.05, 0.1) is 22.6 Å². The molecular formula is C18H14FN3O6S. The maximum absolute atomic E-state index is 13.4. The van der Waals surface area contributed by atoms with Gasteiger partial charge in [-0.15, -0.1) is 0 Å². The second-order valence-electron chi connectivity index (χ2n) is 5.81. The number of rotatable bonds is 7. The zero-order valence-electron chi connectivity index (χ0n) is 14.7. The van der Waals surface area contributed by atoms with E-state index >= 15 is 0 Å². The Kier molecular flexibility index (Phi) is 5.71. The van der Waals surface area contributed by atoms with E-state index in [9.17, 15) is 27.7 Å². The highest BCUT2D eigenvalue weighted by atomic mass is 32.2. The summed E-state index contributed by atoms with van der Waals surface area (Å²) < 4.78 is 45.6. The Morgan fingerprint density at radius 3 is 2.62 bits per heavy atom. The first kappa shape index (κ1) is 20.2. The highest BCUT2D eigenvalue weighted by molar-refractivity contribution is 7.89. The summed E-state index contributed by atoms with van der Waals surface area (Å²) in [6, 6.07) is 11.3. The first-order valence-corrected chi connectivity index (χ1v) is 9.62. The van der Waals surface area contributed by atoms with E-state index in [1.807, 2.05) is 0 Å². The number of hydrogen-bond acceptors (Lipinski definition) is 6. The van der Waals surface area contributed by atoms with E-state index in [0.717, 1.165) is 24.3 Å². The lowest BCUT2D eigenvalue weighted by Gasteiger charge is -2.09. The highest BCUT2D eigenvalue weighted by Crippen LogP contribution is 2.22. The topological polar surface area (TPSA) is 132 Å². The second kappa shape index (κ2) is 8.20. The molecule has 0 unspecified atom stereocenters. The molecule has 11 heteroatoms. The Labute approximate surface area is 164 Å². The van der Waals surface area contributed by atoms with E-state index in [-0.39, 0.29) is 22.7 Å². The maximum Gasteiger partial charge on any atom is 0.306 e. The van der Waals surface area contributed by atoms with E-state index < -0.39 is 32.4 Å². The summed E-state index contributed by atoms with van der Waals surface area (Å²) >= 11 is 0. The molecule has 0 saturated heterocycles. The molecule has 0 fully saturated rings. The number of anilines is 1. The van der Waals surface area contributed by atoms with Crippen molar-refractivity contribution in [1.29, 1.82) is 0 Å². The number of nitro groups is 1. The molecule has 1 heterocycles. The monoisotopic (exact) mass is 419 g/mol. The van der Waals surface area contributed by atoms with Crippen LogP contribution in [0.1, 0.15) is 16.1 Å². The quantitative estimate of drug-likeness (QED) is 0.447. The van der Waals surface area contributed by atoms with Crippen molar-refractivity contribution in [3.8, 4) is 0 Å². The summed E-state index contributed by atoms with van der Waals surface area (Å²) in [5.41, 5.74) is -0.800. The van der Waals surface area contributed by atoms with Crippen LogP contribution >= 0.6 is 0 Å². The fourth-order valence-corrected chi connectivity index (χ4v) is 3.44. The van der Waals surface area contributed by atoms with Crippen molar-refractivity contribution in [2.24, 2.45) is 0 Å². The Morgan fingerprint density at radius 2 is 1.93 bits per heavy atom. The van der Waals surface area contributed by atoms with Gasteiger partial charge >= 0.3 is 5.69 Å². The molecule has 1 aromatic heterocycles. The third-order valence-corrected chi connectivity index (χ3v) is 5.22. The van der Waals surface area contributed by atoms with Crippen LogP contribution in [0.4, 0.5) is 15.8 Å². The van der Waals surface area contributed by atoms with Crippen LogP contribution in [0, 0.1) is 15.9 Å². The van der Waals surface area contributed by atoms with Gasteiger partial charge in [0.2, 0.25) is 15.8 Å². The molecule has 1 amide bonds. The molecule has 3 rings (SSSR count). The fourth-order valence-electron chi connectivity index (χ4n) is 2.40. The standard InChI is InChI=1S/C18H14FN3O6S/c19-16-7-6-13(10-17(16)22(24)25)21-18(23)12-3-1-5-15(9-12)29(26,27)20-11-14-4-2-8-28-14/h1-10,20H,11H2,(H,21,23). The fraction of sp³-hybridized carbons (Fsp3) is 0.0556. The van der Waals surface area contributed by atoms with Gasteiger partial charge in [0.25, 0.3) is 5.91 Å². The van der Waals surface area contributed by atoms with Crippen molar-refractivity contribution in [3.05, 3.63) is 88.1 Å². The average Bonchev–Trinajstić information content (AvgIpc) is 3.21. The maximum atomic E-state index is 13.4. The molecule has 0 atom stereocenters. The summed E-state index contributed by atoms with van der Waals surface area (Å²) in [4.78, 5) is 22.1. The summed E-state index contributed by atoms with van der Waals surface area (Å²) in [5, 5.41) is 13.2. The lowest BCUT2D eigenvalue weighted by molar-refractivity contribution is -0.387. The number of sulfonamides is 1. The Morgan fingerprint density at radius 1 is 1.14 bits per heavy atom. The predicted octanol–water partition coefficient (Wildman–Crippen LogP) is 3.06. The van der Waals surface area contributed by atoms with Gasteiger partial charge in [-0.1, -0.05) is 6.07 Å². The molecule has 9 nitrogen and oxygen atoms in total. The Hall–Kier alpha value is -3.57. The van der Waals surface area contributed by atoms with Crippen LogP contribution in [0.15, 0.2) is 70.2 Å². The van der Waals surface area contributed by atoms with E-state index in [2.05, 4.69) is 10.0 Å². The minimum Gasteiger partial charge on any atom is -0.468 e. The molecule has 29 heavy (non-hydrogen) atoms. The average molecular weight is 419 g/mol. The van der Waals surface area contributed by atoms with E-state index in [0.29, 0.717) is 5.76 Å². The minimum absolute atomic E-state index is 0.00199. The zero-order chi connectivity index (χ0) is 21.0. The van der Waals surface area contributed by atoms with Gasteiger partial charge in [-0.05, 0) is 42.5 Å². The van der Waals surface area contributed by atoms with Crippen molar-refractivity contribution < 1.29 is 26.9 Å². The molecule has 0 radical (unpaired) electrons. The second-order valence-corrected chi connectivity index (χ2v) is 7.58. The van der Waals surface area contributed by atoms with Gasteiger partial charge < -0.3 is 9.73 Å². The van der Waals surface area contributed by atoms with Crippen LogP contribution in [0.25, 0.3) is 0 Å². The summed E-state index contributed by atoms with van der Waals surface area (Å²) in [7, 11) is -3.92. The van der Waals surface area contributed by atoms with Gasteiger partial charge in [0, 0.05) is 17.3 Å². The number of nitrogens with one attached hydrogen (secondary N) is 2. The predicted molar refractivity (Wildman–Crippen MR) is 100 cm³/mol. The van der Waals surface area contributed by atoms with Crippen molar-refractivity contribution in [3.63, 3.8) is 0 Å². The van der Waals surface area contributed by atoms with E-state index in [1.54, 1.807) is 12.1 Å². The van der Waals surface area contributed by atoms with Crippen LogP contribution in [-0.4, -0.2) is 19.2 Å². The number of hydrogen-bond donors (Lipinski definition) is 2. The molecular weight excluding hydrogens is 405 g/mol. The highest BCUT2D eigenvalue weighted by Gasteiger charge is 2.18. The molecule has 0 aliphatic heterocycles. The number of carbonyl (C=O) groups excluding carboxylic acids is 1. The Balaban J connectivity index is 1.77. The van der Waals surface area contributed by atoms with E-state index in [4.69, 9.17) is 4.42 Å². The van der Waals surface area contributed by atoms with Crippen LogP contribution in [0.3, 0.4) is 0 Å². The van der Waals surface area contributed by atoms with E-state index in [1.165, 1.54) is 24.5 Å². The SMILES string of the molecule is O=C(Nc1ccc(F)c([N+](=O)[O-])c1)c1cccc(S(=O)(=O)NCc2ccco2)c1. The van der Waals surface area contributed by atoms with Crippen molar-refractivity contribution in [2.75, 3.05) is 5.32 Å². The van der Waals surface area contributed by atoms with Crippen molar-refractivity contribution >= 4 is 27.3 Å². The smallest absolute Gasteiger partial charge is 0.306 e. The Bertz CT molecular complexity index is 1160. The number of halogens is 1. The number of carbonyl (C=O) groups is 1. The molecule has 0 spiro atoms.